The fourth-order valence-corrected chi connectivity index (χ4v) is 2.40. The molecule has 1 unspecified atom stereocenters. The van der Waals surface area contributed by atoms with Gasteiger partial charge in [-0.15, -0.1) is 10.2 Å². The molecule has 1 aromatic heterocycles. The van der Waals surface area contributed by atoms with E-state index in [1.807, 2.05) is 38.1 Å². The first kappa shape index (κ1) is 14.4. The molecule has 1 heterocycles. The smallest absolute Gasteiger partial charge is 0.276 e. The average Bonchev–Trinajstić information content (AvgIpc) is 2.84. The minimum absolute atomic E-state index is 0.215. The normalized spacial score (nSPS) is 12.9. The maximum Gasteiger partial charge on any atom is 0.276 e. The average molecular weight is 298 g/mol. The molecule has 0 fully saturated rings. The SMILES string of the molecule is CC(C)C(N)c1nnc(SCc2cccc(Cl)c2)o1. The minimum Gasteiger partial charge on any atom is -0.414 e. The second-order valence-electron chi connectivity index (χ2n) is 4.59. The van der Waals surface area contributed by atoms with Crippen molar-refractivity contribution in [1.82, 2.24) is 10.2 Å². The van der Waals surface area contributed by atoms with Gasteiger partial charge in [0, 0.05) is 10.8 Å². The van der Waals surface area contributed by atoms with Crippen LogP contribution in [-0.4, -0.2) is 10.2 Å². The zero-order chi connectivity index (χ0) is 13.8. The van der Waals surface area contributed by atoms with E-state index in [4.69, 9.17) is 21.8 Å². The molecular weight excluding hydrogens is 282 g/mol. The van der Waals surface area contributed by atoms with E-state index < -0.39 is 0 Å². The van der Waals surface area contributed by atoms with Crippen LogP contribution in [0.25, 0.3) is 0 Å². The fourth-order valence-electron chi connectivity index (χ4n) is 1.47. The molecule has 6 heteroatoms. The van der Waals surface area contributed by atoms with Gasteiger partial charge in [0.25, 0.3) is 5.22 Å². The second-order valence-corrected chi connectivity index (χ2v) is 5.96. The Morgan fingerprint density at radius 1 is 1.37 bits per heavy atom. The summed E-state index contributed by atoms with van der Waals surface area (Å²) in [7, 11) is 0. The lowest BCUT2D eigenvalue weighted by atomic mass is 10.1. The van der Waals surface area contributed by atoms with Gasteiger partial charge < -0.3 is 10.2 Å². The Morgan fingerprint density at radius 3 is 2.84 bits per heavy atom. The molecule has 0 spiro atoms. The molecule has 0 radical (unpaired) electrons. The molecule has 102 valence electrons. The molecule has 0 saturated carbocycles. The number of rotatable bonds is 5. The maximum atomic E-state index is 5.96. The molecule has 4 nitrogen and oxygen atoms in total. The summed E-state index contributed by atoms with van der Waals surface area (Å²) >= 11 is 7.41. The highest BCUT2D eigenvalue weighted by Gasteiger charge is 2.17. The van der Waals surface area contributed by atoms with Crippen molar-refractivity contribution < 1.29 is 4.42 Å². The van der Waals surface area contributed by atoms with Crippen molar-refractivity contribution in [2.75, 3.05) is 0 Å². The summed E-state index contributed by atoms with van der Waals surface area (Å²) in [6, 6.07) is 7.49. The molecule has 0 aliphatic rings. The molecule has 19 heavy (non-hydrogen) atoms. The molecule has 2 aromatic rings. The van der Waals surface area contributed by atoms with E-state index in [2.05, 4.69) is 10.2 Å². The molecule has 0 aliphatic carbocycles. The van der Waals surface area contributed by atoms with Crippen molar-refractivity contribution in [2.45, 2.75) is 30.9 Å². The number of benzene rings is 1. The van der Waals surface area contributed by atoms with E-state index >= 15 is 0 Å². The summed E-state index contributed by atoms with van der Waals surface area (Å²) < 4.78 is 5.54. The fraction of sp³-hybridized carbons (Fsp3) is 0.385. The van der Waals surface area contributed by atoms with Gasteiger partial charge >= 0.3 is 0 Å². The number of thioether (sulfide) groups is 1. The standard InChI is InChI=1S/C13H16ClN3OS/c1-8(2)11(15)12-16-17-13(18-12)19-7-9-4-3-5-10(14)6-9/h3-6,8,11H,7,15H2,1-2H3. The third-order valence-corrected chi connectivity index (χ3v) is 3.80. The monoisotopic (exact) mass is 297 g/mol. The first-order valence-corrected chi connectivity index (χ1v) is 7.39. The summed E-state index contributed by atoms with van der Waals surface area (Å²) in [5.74, 6) is 1.49. The van der Waals surface area contributed by atoms with Crippen LogP contribution >= 0.6 is 23.4 Å². The Kier molecular flexibility index (Phi) is 4.85. The number of nitrogens with zero attached hydrogens (tertiary/aromatic N) is 2. The number of nitrogens with two attached hydrogens (primary N) is 1. The Morgan fingerprint density at radius 2 is 2.16 bits per heavy atom. The predicted molar refractivity (Wildman–Crippen MR) is 77.1 cm³/mol. The quantitative estimate of drug-likeness (QED) is 0.853. The summed E-state index contributed by atoms with van der Waals surface area (Å²) in [6.07, 6.45) is 0. The van der Waals surface area contributed by atoms with Crippen molar-refractivity contribution in [3.63, 3.8) is 0 Å². The summed E-state index contributed by atoms with van der Waals surface area (Å²) in [4.78, 5) is 0. The van der Waals surface area contributed by atoms with Crippen molar-refractivity contribution in [3.8, 4) is 0 Å². The lowest BCUT2D eigenvalue weighted by Crippen LogP contribution is -2.16. The maximum absolute atomic E-state index is 5.96. The molecule has 1 atom stereocenters. The van der Waals surface area contributed by atoms with Gasteiger partial charge in [-0.05, 0) is 23.6 Å². The highest BCUT2D eigenvalue weighted by atomic mass is 35.5. The molecule has 2 rings (SSSR count). The number of halogens is 1. The minimum atomic E-state index is -0.215. The molecule has 0 aliphatic heterocycles. The van der Waals surface area contributed by atoms with Gasteiger partial charge in [0.2, 0.25) is 5.89 Å². The molecule has 1 aromatic carbocycles. The molecular formula is C13H16ClN3OS. The largest absolute Gasteiger partial charge is 0.414 e. The third kappa shape index (κ3) is 3.96. The van der Waals surface area contributed by atoms with Gasteiger partial charge in [-0.1, -0.05) is 49.3 Å². The van der Waals surface area contributed by atoms with Crippen LogP contribution in [0, 0.1) is 5.92 Å². The Bertz CT molecular complexity index is 544. The van der Waals surface area contributed by atoms with Crippen LogP contribution < -0.4 is 5.73 Å². The van der Waals surface area contributed by atoms with E-state index in [-0.39, 0.29) is 12.0 Å². The lowest BCUT2D eigenvalue weighted by Gasteiger charge is -2.09. The van der Waals surface area contributed by atoms with E-state index in [1.54, 1.807) is 0 Å². The third-order valence-electron chi connectivity index (χ3n) is 2.68. The van der Waals surface area contributed by atoms with Crippen LogP contribution in [0.1, 0.15) is 31.3 Å². The van der Waals surface area contributed by atoms with Crippen molar-refractivity contribution >= 4 is 23.4 Å². The first-order valence-electron chi connectivity index (χ1n) is 6.02. The molecule has 2 N–H and O–H groups in total. The van der Waals surface area contributed by atoms with Crippen molar-refractivity contribution in [3.05, 3.63) is 40.7 Å². The molecule has 0 amide bonds. The van der Waals surface area contributed by atoms with Crippen molar-refractivity contribution in [2.24, 2.45) is 11.7 Å². The highest BCUT2D eigenvalue weighted by Crippen LogP contribution is 2.25. The van der Waals surface area contributed by atoms with Crippen LogP contribution in [0.3, 0.4) is 0 Å². The first-order chi connectivity index (χ1) is 9.06. The highest BCUT2D eigenvalue weighted by molar-refractivity contribution is 7.98. The van der Waals surface area contributed by atoms with E-state index in [0.717, 1.165) is 16.3 Å². The molecule has 0 saturated heterocycles. The lowest BCUT2D eigenvalue weighted by molar-refractivity contribution is 0.349. The zero-order valence-electron chi connectivity index (χ0n) is 10.8. The Balaban J connectivity index is 1.97. The van der Waals surface area contributed by atoms with Crippen LogP contribution in [0.2, 0.25) is 5.02 Å². The number of aromatic nitrogens is 2. The van der Waals surface area contributed by atoms with Gasteiger partial charge in [0.15, 0.2) is 0 Å². The van der Waals surface area contributed by atoms with Crippen molar-refractivity contribution in [1.29, 1.82) is 0 Å². The van der Waals surface area contributed by atoms with E-state index in [1.165, 1.54) is 11.8 Å². The summed E-state index contributed by atoms with van der Waals surface area (Å²) in [5.41, 5.74) is 7.07. The van der Waals surface area contributed by atoms with Gasteiger partial charge in [0.1, 0.15) is 0 Å². The number of hydrogen-bond acceptors (Lipinski definition) is 5. The van der Waals surface area contributed by atoms with Gasteiger partial charge in [-0.3, -0.25) is 0 Å². The number of hydrogen-bond donors (Lipinski definition) is 1. The van der Waals surface area contributed by atoms with Crippen LogP contribution in [0.15, 0.2) is 33.9 Å². The van der Waals surface area contributed by atoms with Gasteiger partial charge in [-0.25, -0.2) is 0 Å². The van der Waals surface area contributed by atoms with E-state index in [0.29, 0.717) is 11.1 Å². The summed E-state index contributed by atoms with van der Waals surface area (Å²) in [6.45, 7) is 4.04. The Hall–Kier alpha value is -1.04. The predicted octanol–water partition coefficient (Wildman–Crippen LogP) is 3.67. The molecule has 0 bridgehead atoms. The topological polar surface area (TPSA) is 64.9 Å². The van der Waals surface area contributed by atoms with Gasteiger partial charge in [-0.2, -0.15) is 0 Å². The van der Waals surface area contributed by atoms with Crippen LogP contribution in [-0.2, 0) is 5.75 Å². The van der Waals surface area contributed by atoms with E-state index in [9.17, 15) is 0 Å². The zero-order valence-corrected chi connectivity index (χ0v) is 12.4. The van der Waals surface area contributed by atoms with Crippen LogP contribution in [0.5, 0.6) is 0 Å². The van der Waals surface area contributed by atoms with Gasteiger partial charge in [0.05, 0.1) is 6.04 Å². The second kappa shape index (κ2) is 6.41. The van der Waals surface area contributed by atoms with Crippen LogP contribution in [0.4, 0.5) is 0 Å². The summed E-state index contributed by atoms with van der Waals surface area (Å²) in [5, 5.41) is 9.23. The Labute approximate surface area is 121 Å².